The van der Waals surface area contributed by atoms with E-state index in [0.29, 0.717) is 5.75 Å². The lowest BCUT2D eigenvalue weighted by molar-refractivity contribution is -0.255. The van der Waals surface area contributed by atoms with Crippen LogP contribution in [0, 0.1) is 0 Å². The fraction of sp³-hybridized carbons (Fsp3) is 0.250. The normalized spacial score (nSPS) is 22.5. The molecule has 0 bridgehead atoms. The van der Waals surface area contributed by atoms with E-state index in [1.165, 1.54) is 22.9 Å². The maximum atomic E-state index is 12.8. The number of ether oxygens (including phenoxy) is 3. The van der Waals surface area contributed by atoms with Crippen molar-refractivity contribution in [1.29, 1.82) is 0 Å². The van der Waals surface area contributed by atoms with Crippen molar-refractivity contribution in [3.8, 4) is 17.4 Å². The van der Waals surface area contributed by atoms with Crippen molar-refractivity contribution in [2.24, 2.45) is 0 Å². The average Bonchev–Trinajstić information content (AvgIpc) is 3.71. The van der Waals surface area contributed by atoms with E-state index in [4.69, 9.17) is 14.2 Å². The number of hydrogen-bond donors (Lipinski definition) is 1. The van der Waals surface area contributed by atoms with Crippen LogP contribution in [0.4, 0.5) is 0 Å². The Morgan fingerprint density at radius 2 is 1.81 bits per heavy atom. The third kappa shape index (κ3) is 4.30. The summed E-state index contributed by atoms with van der Waals surface area (Å²) in [6.45, 7) is 0.414. The molecule has 2 aliphatic rings. The van der Waals surface area contributed by atoms with E-state index in [1.807, 2.05) is 22.9 Å². The van der Waals surface area contributed by atoms with Gasteiger partial charge < -0.3 is 34.0 Å². The van der Waals surface area contributed by atoms with Crippen LogP contribution in [0.5, 0.6) is 11.8 Å². The van der Waals surface area contributed by atoms with Gasteiger partial charge in [-0.1, -0.05) is 23.3 Å². The molecule has 188 valence electrons. The molecule has 6 rings (SSSR count). The minimum Gasteiger partial charge on any atom is -0.545 e. The van der Waals surface area contributed by atoms with E-state index in [9.17, 15) is 14.7 Å². The van der Waals surface area contributed by atoms with Crippen LogP contribution in [0.1, 0.15) is 26.8 Å². The van der Waals surface area contributed by atoms with Crippen molar-refractivity contribution >= 4 is 11.9 Å². The Bertz CT molecular complexity index is 1420. The Hall–Kier alpha value is -4.62. The first-order valence-electron chi connectivity index (χ1n) is 11.5. The van der Waals surface area contributed by atoms with Gasteiger partial charge in [-0.3, -0.25) is 4.79 Å². The Balaban J connectivity index is 1.14. The van der Waals surface area contributed by atoms with Crippen molar-refractivity contribution in [2.75, 3.05) is 13.2 Å². The first-order valence-corrected chi connectivity index (χ1v) is 11.5. The van der Waals surface area contributed by atoms with Gasteiger partial charge in [0.1, 0.15) is 24.0 Å². The first-order chi connectivity index (χ1) is 18.1. The molecule has 4 heterocycles. The Labute approximate surface area is 209 Å². The highest BCUT2D eigenvalue weighted by molar-refractivity contribution is 6.04. The fourth-order valence-corrected chi connectivity index (χ4v) is 4.58. The molecular weight excluding hydrogens is 482 g/mol. The number of rotatable bonds is 7. The highest BCUT2D eigenvalue weighted by Crippen LogP contribution is 2.36. The van der Waals surface area contributed by atoms with Gasteiger partial charge in [0, 0.05) is 29.2 Å². The summed E-state index contributed by atoms with van der Waals surface area (Å²) in [4.78, 5) is 28.2. The summed E-state index contributed by atoms with van der Waals surface area (Å²) in [5.41, 5.74) is 0.746. The van der Waals surface area contributed by atoms with Crippen molar-refractivity contribution in [3.63, 3.8) is 0 Å². The number of nitrogens with zero attached hydrogens (tertiary/aromatic N) is 6. The predicted octanol–water partition coefficient (Wildman–Crippen LogP) is 0.152. The molecule has 1 N–H and O–H groups in total. The first kappa shape index (κ1) is 22.8. The van der Waals surface area contributed by atoms with Crippen molar-refractivity contribution < 1.29 is 28.9 Å². The molecule has 1 amide bonds. The number of amides is 1. The van der Waals surface area contributed by atoms with Crippen molar-refractivity contribution in [3.05, 3.63) is 78.4 Å². The van der Waals surface area contributed by atoms with Crippen LogP contribution in [-0.2, 0) is 9.47 Å². The van der Waals surface area contributed by atoms with Gasteiger partial charge in [0.05, 0.1) is 31.6 Å². The topological polar surface area (TPSA) is 158 Å². The monoisotopic (exact) mass is 502 g/mol. The second-order valence-corrected chi connectivity index (χ2v) is 8.55. The van der Waals surface area contributed by atoms with E-state index in [-0.39, 0.29) is 30.4 Å². The highest BCUT2D eigenvalue weighted by atomic mass is 16.6. The van der Waals surface area contributed by atoms with Crippen LogP contribution in [0.25, 0.3) is 5.69 Å². The zero-order valence-corrected chi connectivity index (χ0v) is 19.2. The lowest BCUT2D eigenvalue weighted by atomic mass is 10.0. The van der Waals surface area contributed by atoms with Crippen LogP contribution < -0.4 is 15.2 Å². The molecule has 37 heavy (non-hydrogen) atoms. The Morgan fingerprint density at radius 3 is 2.57 bits per heavy atom. The summed E-state index contributed by atoms with van der Waals surface area (Å²) in [6, 6.07) is 12.5. The molecule has 2 saturated heterocycles. The molecule has 0 unspecified atom stereocenters. The van der Waals surface area contributed by atoms with Gasteiger partial charge in [-0.2, -0.15) is 4.68 Å². The molecular formula is C24H20N7O6-. The second-order valence-electron chi connectivity index (χ2n) is 8.55. The number of tetrazole rings is 1. The Morgan fingerprint density at radius 1 is 1.03 bits per heavy atom. The Kier molecular flexibility index (Phi) is 5.82. The molecule has 0 aliphatic carbocycles. The minimum atomic E-state index is -1.42. The number of hydrogen-bond acceptors (Lipinski definition) is 10. The lowest BCUT2D eigenvalue weighted by Crippen LogP contribution is -2.44. The van der Waals surface area contributed by atoms with E-state index < -0.39 is 36.2 Å². The highest BCUT2D eigenvalue weighted by Gasteiger charge is 2.50. The molecule has 2 aromatic heterocycles. The fourth-order valence-electron chi connectivity index (χ4n) is 4.58. The summed E-state index contributed by atoms with van der Waals surface area (Å²) >= 11 is 0. The van der Waals surface area contributed by atoms with E-state index in [0.717, 1.165) is 5.69 Å². The average molecular weight is 502 g/mol. The number of fused-ring (bicyclic) bond motifs is 1. The smallest absolute Gasteiger partial charge is 0.341 e. The molecule has 0 saturated carbocycles. The number of nitrogens with one attached hydrogen (secondary N) is 1. The maximum absolute atomic E-state index is 12.8. The summed E-state index contributed by atoms with van der Waals surface area (Å²) < 4.78 is 21.2. The largest absolute Gasteiger partial charge is 0.545 e. The van der Waals surface area contributed by atoms with Gasteiger partial charge in [-0.25, -0.2) is 4.98 Å². The van der Waals surface area contributed by atoms with E-state index in [2.05, 4.69) is 25.8 Å². The molecule has 13 nitrogen and oxygen atoms in total. The number of aromatic nitrogens is 6. The minimum absolute atomic E-state index is 0.00992. The number of carboxylic acids is 1. The lowest BCUT2D eigenvalue weighted by Gasteiger charge is -2.19. The number of carboxylic acid groups (broad SMARTS) is 1. The van der Waals surface area contributed by atoms with Crippen LogP contribution in [0.15, 0.2) is 67.3 Å². The molecule has 2 fully saturated rings. The SMILES string of the molecule is O=C([O-])c1ccccc1C(=O)N[C@H]1CO[C@H]2[C@@H]1OC[C@@H]2n1nnnc1Oc1ccc(-n2ccnc2)cc1. The number of benzene rings is 2. The third-order valence-electron chi connectivity index (χ3n) is 6.36. The number of carbonyl (C=O) groups is 2. The van der Waals surface area contributed by atoms with Gasteiger partial charge in [0.25, 0.3) is 5.91 Å². The quantitative estimate of drug-likeness (QED) is 0.369. The molecule has 2 aliphatic heterocycles. The number of imidazole rings is 1. The van der Waals surface area contributed by atoms with E-state index in [1.54, 1.807) is 30.7 Å². The van der Waals surface area contributed by atoms with Gasteiger partial charge in [-0.05, 0) is 40.8 Å². The van der Waals surface area contributed by atoms with E-state index >= 15 is 0 Å². The third-order valence-corrected chi connectivity index (χ3v) is 6.36. The molecule has 4 aromatic rings. The van der Waals surface area contributed by atoms with Crippen molar-refractivity contribution in [2.45, 2.75) is 24.3 Å². The molecule has 0 radical (unpaired) electrons. The van der Waals surface area contributed by atoms with Gasteiger partial charge >= 0.3 is 6.01 Å². The maximum Gasteiger partial charge on any atom is 0.341 e. The molecule has 2 aromatic carbocycles. The second kappa shape index (κ2) is 9.44. The van der Waals surface area contributed by atoms with Crippen LogP contribution in [0.2, 0.25) is 0 Å². The molecule has 0 spiro atoms. The summed E-state index contributed by atoms with van der Waals surface area (Å²) in [5, 5.41) is 26.0. The summed E-state index contributed by atoms with van der Waals surface area (Å²) in [6.07, 6.45) is 4.31. The standard InChI is InChI=1S/C24H21N7O6/c32-22(16-3-1-2-4-17(16)23(33)34)26-18-11-35-21-19(12-36-20(18)21)31-24(27-28-29-31)37-15-7-5-14(6-8-15)30-10-9-25-13-30/h1-10,13,18-21H,11-12H2,(H,26,32)(H,33,34)/p-1/t18-,19-,20+,21+/m0/s1. The predicted molar refractivity (Wildman–Crippen MR) is 122 cm³/mol. The molecule has 4 atom stereocenters. The van der Waals surface area contributed by atoms with Crippen LogP contribution in [-0.4, -0.2) is 73.1 Å². The van der Waals surface area contributed by atoms with Crippen LogP contribution in [0.3, 0.4) is 0 Å². The van der Waals surface area contributed by atoms with Gasteiger partial charge in [0.2, 0.25) is 0 Å². The van der Waals surface area contributed by atoms with Crippen LogP contribution >= 0.6 is 0 Å². The zero-order chi connectivity index (χ0) is 25.4. The van der Waals surface area contributed by atoms with Crippen molar-refractivity contribution in [1.82, 2.24) is 35.1 Å². The summed E-state index contributed by atoms with van der Waals surface area (Å²) in [5.74, 6) is -1.43. The summed E-state index contributed by atoms with van der Waals surface area (Å²) in [7, 11) is 0. The zero-order valence-electron chi connectivity index (χ0n) is 19.2. The number of carbonyl (C=O) groups excluding carboxylic acids is 2. The molecule has 13 heteroatoms. The van der Waals surface area contributed by atoms with Gasteiger partial charge in [-0.15, -0.1) is 0 Å². The van der Waals surface area contributed by atoms with Gasteiger partial charge in [0.15, 0.2) is 0 Å². The number of aromatic carboxylic acids is 1.